The lowest BCUT2D eigenvalue weighted by Gasteiger charge is -2.23. The van der Waals surface area contributed by atoms with E-state index < -0.39 is 6.17 Å². The third-order valence-corrected chi connectivity index (χ3v) is 4.10. The Hall–Kier alpha value is -2.22. The maximum absolute atomic E-state index is 13.8. The Balaban J connectivity index is 1.53. The van der Waals surface area contributed by atoms with Crippen LogP contribution >= 0.6 is 0 Å². The molecule has 2 atom stereocenters. The van der Waals surface area contributed by atoms with Crippen LogP contribution in [-0.2, 0) is 17.9 Å². The molecule has 1 fully saturated rings. The monoisotopic (exact) mass is 321 g/mol. The van der Waals surface area contributed by atoms with Crippen LogP contribution < -0.4 is 5.32 Å². The predicted molar refractivity (Wildman–Crippen MR) is 80.2 cm³/mol. The molecule has 1 saturated heterocycles. The second kappa shape index (κ2) is 6.91. The predicted octanol–water partition coefficient (Wildman–Crippen LogP) is 0.908. The molecule has 8 heteroatoms. The van der Waals surface area contributed by atoms with Crippen LogP contribution in [0, 0.1) is 6.92 Å². The minimum atomic E-state index is -0.872. The molecule has 3 heterocycles. The van der Waals surface area contributed by atoms with Gasteiger partial charge in [-0.1, -0.05) is 5.16 Å². The molecule has 0 aromatic carbocycles. The van der Waals surface area contributed by atoms with E-state index in [9.17, 15) is 9.18 Å². The number of amides is 1. The number of nitrogens with one attached hydrogen (secondary N) is 1. The first-order valence-electron chi connectivity index (χ1n) is 7.64. The molecule has 1 aliphatic rings. The van der Waals surface area contributed by atoms with Crippen molar-refractivity contribution in [3.63, 3.8) is 0 Å². The van der Waals surface area contributed by atoms with Gasteiger partial charge >= 0.3 is 0 Å². The topological polar surface area (TPSA) is 76.2 Å². The SMILES string of the molecule is Cc1oncc1CN1C[C@@H](F)C[C@H]1CNC(=O)Cn1cccn1. The Morgan fingerprint density at radius 2 is 2.43 bits per heavy atom. The fourth-order valence-electron chi connectivity index (χ4n) is 2.85. The number of rotatable bonds is 6. The molecule has 0 saturated carbocycles. The molecule has 0 aliphatic carbocycles. The molecule has 2 aromatic heterocycles. The van der Waals surface area contributed by atoms with Crippen molar-refractivity contribution in [3.05, 3.63) is 36.0 Å². The fourth-order valence-corrected chi connectivity index (χ4v) is 2.85. The molecule has 1 aliphatic heterocycles. The number of likely N-dealkylation sites (tertiary alicyclic amines) is 1. The lowest BCUT2D eigenvalue weighted by atomic mass is 10.2. The number of nitrogens with zero attached hydrogens (tertiary/aromatic N) is 4. The third kappa shape index (κ3) is 3.95. The Morgan fingerprint density at radius 3 is 3.13 bits per heavy atom. The zero-order valence-corrected chi connectivity index (χ0v) is 13.0. The maximum atomic E-state index is 13.8. The van der Waals surface area contributed by atoms with Crippen LogP contribution in [0.4, 0.5) is 4.39 Å². The van der Waals surface area contributed by atoms with E-state index in [0.29, 0.717) is 26.1 Å². The van der Waals surface area contributed by atoms with Crippen molar-refractivity contribution in [1.82, 2.24) is 25.2 Å². The number of hydrogen-bond acceptors (Lipinski definition) is 5. The first-order chi connectivity index (χ1) is 11.1. The smallest absolute Gasteiger partial charge is 0.241 e. The second-order valence-electron chi connectivity index (χ2n) is 5.83. The summed E-state index contributed by atoms with van der Waals surface area (Å²) < 4.78 is 20.4. The zero-order chi connectivity index (χ0) is 16.2. The van der Waals surface area contributed by atoms with Crippen LogP contribution in [0.5, 0.6) is 0 Å². The second-order valence-corrected chi connectivity index (χ2v) is 5.83. The Morgan fingerprint density at radius 1 is 1.57 bits per heavy atom. The molecular weight excluding hydrogens is 301 g/mol. The summed E-state index contributed by atoms with van der Waals surface area (Å²) in [5.74, 6) is 0.617. The highest BCUT2D eigenvalue weighted by Crippen LogP contribution is 2.23. The minimum Gasteiger partial charge on any atom is -0.361 e. The number of hydrogen-bond donors (Lipinski definition) is 1. The van der Waals surface area contributed by atoms with Gasteiger partial charge in [-0.3, -0.25) is 14.4 Å². The first kappa shape index (κ1) is 15.7. The summed E-state index contributed by atoms with van der Waals surface area (Å²) >= 11 is 0. The van der Waals surface area contributed by atoms with Gasteiger partial charge in [-0.05, 0) is 19.4 Å². The van der Waals surface area contributed by atoms with Crippen LogP contribution in [0.2, 0.25) is 0 Å². The van der Waals surface area contributed by atoms with Crippen molar-refractivity contribution < 1.29 is 13.7 Å². The summed E-state index contributed by atoms with van der Waals surface area (Å²) in [6.07, 6.45) is 4.57. The normalized spacial score (nSPS) is 21.7. The molecule has 124 valence electrons. The molecule has 0 unspecified atom stereocenters. The molecule has 0 bridgehead atoms. The molecule has 1 amide bonds. The van der Waals surface area contributed by atoms with E-state index in [-0.39, 0.29) is 18.5 Å². The number of halogens is 1. The average molecular weight is 321 g/mol. The number of aryl methyl sites for hydroxylation is 1. The van der Waals surface area contributed by atoms with Gasteiger partial charge in [-0.15, -0.1) is 0 Å². The van der Waals surface area contributed by atoms with Crippen LogP contribution in [0.3, 0.4) is 0 Å². The van der Waals surface area contributed by atoms with Crippen molar-refractivity contribution in [2.75, 3.05) is 13.1 Å². The molecule has 2 aromatic rings. The number of alkyl halides is 1. The summed E-state index contributed by atoms with van der Waals surface area (Å²) in [4.78, 5) is 13.9. The molecule has 3 rings (SSSR count). The fraction of sp³-hybridized carbons (Fsp3) is 0.533. The average Bonchev–Trinajstić information content (AvgIpc) is 3.22. The number of aromatic nitrogens is 3. The lowest BCUT2D eigenvalue weighted by Crippen LogP contribution is -2.40. The highest BCUT2D eigenvalue weighted by atomic mass is 19.1. The van der Waals surface area contributed by atoms with Gasteiger partial charge in [-0.25, -0.2) is 4.39 Å². The van der Waals surface area contributed by atoms with Crippen molar-refractivity contribution in [3.8, 4) is 0 Å². The summed E-state index contributed by atoms with van der Waals surface area (Å²) in [7, 11) is 0. The van der Waals surface area contributed by atoms with E-state index >= 15 is 0 Å². The first-order valence-corrected chi connectivity index (χ1v) is 7.64. The zero-order valence-electron chi connectivity index (χ0n) is 13.0. The van der Waals surface area contributed by atoms with Gasteiger partial charge in [0.15, 0.2) is 0 Å². The Labute approximate surface area is 133 Å². The van der Waals surface area contributed by atoms with Crippen LogP contribution in [0.15, 0.2) is 29.2 Å². The van der Waals surface area contributed by atoms with E-state index in [0.717, 1.165) is 11.3 Å². The summed E-state index contributed by atoms with van der Waals surface area (Å²) in [6.45, 7) is 3.38. The van der Waals surface area contributed by atoms with Crippen LogP contribution in [-0.4, -0.2) is 51.0 Å². The number of carbonyl (C=O) groups excluding carboxylic acids is 1. The minimum absolute atomic E-state index is 0.0270. The molecule has 1 N–H and O–H groups in total. The molecule has 7 nitrogen and oxygen atoms in total. The highest BCUT2D eigenvalue weighted by Gasteiger charge is 2.32. The standard InChI is InChI=1S/C15H20FN5O2/c1-11-12(6-19-23-11)8-20-9-13(16)5-14(20)7-17-15(22)10-21-4-2-3-18-21/h2-4,6,13-14H,5,7-10H2,1H3,(H,17,22)/t13-,14-/m0/s1. The van der Waals surface area contributed by atoms with Gasteiger partial charge in [0, 0.05) is 43.6 Å². The third-order valence-electron chi connectivity index (χ3n) is 4.10. The van der Waals surface area contributed by atoms with Crippen LogP contribution in [0.25, 0.3) is 0 Å². The van der Waals surface area contributed by atoms with E-state index in [1.54, 1.807) is 29.3 Å². The van der Waals surface area contributed by atoms with E-state index in [4.69, 9.17) is 4.52 Å². The van der Waals surface area contributed by atoms with Crippen molar-refractivity contribution in [1.29, 1.82) is 0 Å². The van der Waals surface area contributed by atoms with E-state index in [2.05, 4.69) is 15.6 Å². The largest absolute Gasteiger partial charge is 0.361 e. The summed E-state index contributed by atoms with van der Waals surface area (Å²) in [5, 5.41) is 10.6. The quantitative estimate of drug-likeness (QED) is 0.856. The lowest BCUT2D eigenvalue weighted by molar-refractivity contribution is -0.122. The Bertz CT molecular complexity index is 642. The van der Waals surface area contributed by atoms with Gasteiger partial charge in [0.1, 0.15) is 18.5 Å². The maximum Gasteiger partial charge on any atom is 0.241 e. The molecule has 0 spiro atoms. The summed E-state index contributed by atoms with van der Waals surface area (Å²) in [5.41, 5.74) is 0.951. The van der Waals surface area contributed by atoms with E-state index in [1.807, 2.05) is 11.8 Å². The van der Waals surface area contributed by atoms with Gasteiger partial charge in [0.05, 0.1) is 6.20 Å². The van der Waals surface area contributed by atoms with Gasteiger partial charge in [0.2, 0.25) is 5.91 Å². The molecular formula is C15H20FN5O2. The van der Waals surface area contributed by atoms with Crippen LogP contribution in [0.1, 0.15) is 17.7 Å². The van der Waals surface area contributed by atoms with Gasteiger partial charge in [0.25, 0.3) is 0 Å². The summed E-state index contributed by atoms with van der Waals surface area (Å²) in [6, 6.07) is 1.74. The van der Waals surface area contributed by atoms with Gasteiger partial charge in [-0.2, -0.15) is 5.10 Å². The Kier molecular flexibility index (Phi) is 4.71. The molecule has 0 radical (unpaired) electrons. The molecule has 23 heavy (non-hydrogen) atoms. The van der Waals surface area contributed by atoms with Crippen molar-refractivity contribution >= 4 is 5.91 Å². The highest BCUT2D eigenvalue weighted by molar-refractivity contribution is 5.75. The van der Waals surface area contributed by atoms with Crippen molar-refractivity contribution in [2.24, 2.45) is 0 Å². The van der Waals surface area contributed by atoms with E-state index in [1.165, 1.54) is 0 Å². The number of carbonyl (C=O) groups is 1. The van der Waals surface area contributed by atoms with Crippen molar-refractivity contribution in [2.45, 2.75) is 38.6 Å². The van der Waals surface area contributed by atoms with Gasteiger partial charge < -0.3 is 9.84 Å².